The molecular weight excluding hydrogens is 372 g/mol. The molecule has 1 fully saturated rings. The van der Waals surface area contributed by atoms with E-state index < -0.39 is 46.2 Å². The summed E-state index contributed by atoms with van der Waals surface area (Å²) in [5.41, 5.74) is -2.08. The van der Waals surface area contributed by atoms with Crippen molar-refractivity contribution in [1.29, 1.82) is 0 Å². The number of aromatic nitrogens is 1. The molecule has 1 aromatic rings. The van der Waals surface area contributed by atoms with E-state index in [1.165, 1.54) is 0 Å². The maximum Gasteiger partial charge on any atom is 0.343 e. The maximum atomic E-state index is 12.3. The van der Waals surface area contributed by atoms with Crippen LogP contribution in [0.2, 0.25) is 0 Å². The fourth-order valence-electron chi connectivity index (χ4n) is 3.15. The average Bonchev–Trinajstić information content (AvgIpc) is 2.64. The third-order valence-electron chi connectivity index (χ3n) is 4.68. The van der Waals surface area contributed by atoms with Crippen molar-refractivity contribution < 1.29 is 24.0 Å². The predicted octanol–water partition coefficient (Wildman–Crippen LogP) is 0.948. The predicted molar refractivity (Wildman–Crippen MR) is 96.8 cm³/mol. The quantitative estimate of drug-likeness (QED) is 0.429. The van der Waals surface area contributed by atoms with Crippen LogP contribution in [-0.4, -0.2) is 40.5 Å². The zero-order chi connectivity index (χ0) is 20.8. The van der Waals surface area contributed by atoms with Crippen LogP contribution in [0.5, 0.6) is 0 Å². The van der Waals surface area contributed by atoms with E-state index in [9.17, 15) is 29.3 Å². The number of nitrogens with one attached hydrogen (secondary N) is 2. The standard InChI is InChI=1S/C17H22N4O7/c1-10-5-3-4-6-13(10)18-17(25)19-14(22)9-20-8-11(21(26)27)7-12(15(20)23)16(24)28-2/h7-8,10,13H,3-6,9H2,1-2H3,(H2,18,19,22,25). The number of hydrogen-bond donors (Lipinski definition) is 2. The smallest absolute Gasteiger partial charge is 0.343 e. The SMILES string of the molecule is COC(=O)c1cc([N+](=O)[O-])cn(CC(=O)NC(=O)NC2CCCCC2C)c1=O. The van der Waals surface area contributed by atoms with E-state index in [1.807, 2.05) is 6.92 Å². The molecule has 0 aliphatic heterocycles. The average molecular weight is 394 g/mol. The summed E-state index contributed by atoms with van der Waals surface area (Å²) >= 11 is 0. The first kappa shape index (κ1) is 21.1. The highest BCUT2D eigenvalue weighted by atomic mass is 16.6. The number of hydrogen-bond acceptors (Lipinski definition) is 7. The van der Waals surface area contributed by atoms with Gasteiger partial charge in [0.2, 0.25) is 5.91 Å². The largest absolute Gasteiger partial charge is 0.465 e. The molecule has 0 spiro atoms. The molecule has 152 valence electrons. The van der Waals surface area contributed by atoms with E-state index in [0.29, 0.717) is 4.57 Å². The Bertz CT molecular complexity index is 848. The molecule has 0 aromatic carbocycles. The minimum absolute atomic E-state index is 0.0481. The monoisotopic (exact) mass is 394 g/mol. The third-order valence-corrected chi connectivity index (χ3v) is 4.68. The normalized spacial score (nSPS) is 18.8. The second-order valence-corrected chi connectivity index (χ2v) is 6.68. The van der Waals surface area contributed by atoms with Gasteiger partial charge in [0.15, 0.2) is 0 Å². The van der Waals surface area contributed by atoms with Crippen LogP contribution in [0.1, 0.15) is 43.0 Å². The van der Waals surface area contributed by atoms with Crippen molar-refractivity contribution in [2.75, 3.05) is 7.11 Å². The van der Waals surface area contributed by atoms with Crippen LogP contribution in [0, 0.1) is 16.0 Å². The summed E-state index contributed by atoms with van der Waals surface area (Å²) in [5.74, 6) is -1.62. The number of amides is 3. The molecule has 28 heavy (non-hydrogen) atoms. The van der Waals surface area contributed by atoms with Gasteiger partial charge in [0.1, 0.15) is 12.1 Å². The topological polar surface area (TPSA) is 150 Å². The highest BCUT2D eigenvalue weighted by molar-refractivity contribution is 5.94. The first-order chi connectivity index (χ1) is 13.2. The molecular formula is C17H22N4O7. The van der Waals surface area contributed by atoms with Gasteiger partial charge in [0, 0.05) is 12.1 Å². The number of carbonyl (C=O) groups excluding carboxylic acids is 3. The number of methoxy groups -OCH3 is 1. The second kappa shape index (κ2) is 9.11. The van der Waals surface area contributed by atoms with E-state index in [0.717, 1.165) is 45.1 Å². The van der Waals surface area contributed by atoms with Gasteiger partial charge < -0.3 is 10.1 Å². The fraction of sp³-hybridized carbons (Fsp3) is 0.529. The Morgan fingerprint density at radius 2 is 2.00 bits per heavy atom. The van der Waals surface area contributed by atoms with Gasteiger partial charge in [-0.15, -0.1) is 0 Å². The fourth-order valence-corrected chi connectivity index (χ4v) is 3.15. The number of urea groups is 1. The van der Waals surface area contributed by atoms with E-state index in [1.54, 1.807) is 0 Å². The lowest BCUT2D eigenvalue weighted by Gasteiger charge is -2.29. The second-order valence-electron chi connectivity index (χ2n) is 6.68. The molecule has 1 saturated carbocycles. The van der Waals surface area contributed by atoms with Crippen molar-refractivity contribution in [3.8, 4) is 0 Å². The zero-order valence-electron chi connectivity index (χ0n) is 15.6. The summed E-state index contributed by atoms with van der Waals surface area (Å²) < 4.78 is 5.12. The number of nitrogens with zero attached hydrogens (tertiary/aromatic N) is 2. The van der Waals surface area contributed by atoms with Crippen molar-refractivity contribution in [3.63, 3.8) is 0 Å². The Kier molecular flexibility index (Phi) is 6.85. The van der Waals surface area contributed by atoms with Gasteiger partial charge >= 0.3 is 12.0 Å². The number of carbonyl (C=O) groups is 3. The van der Waals surface area contributed by atoms with Crippen molar-refractivity contribution in [3.05, 3.63) is 38.3 Å². The van der Waals surface area contributed by atoms with Gasteiger partial charge in [-0.3, -0.25) is 29.6 Å². The van der Waals surface area contributed by atoms with Crippen molar-refractivity contribution in [2.24, 2.45) is 5.92 Å². The first-order valence-corrected chi connectivity index (χ1v) is 8.80. The van der Waals surface area contributed by atoms with Gasteiger partial charge in [-0.2, -0.15) is 0 Å². The summed E-state index contributed by atoms with van der Waals surface area (Å²) in [6.07, 6.45) is 4.71. The van der Waals surface area contributed by atoms with Gasteiger partial charge in [0.05, 0.1) is 18.2 Å². The van der Waals surface area contributed by atoms with Crippen molar-refractivity contribution >= 4 is 23.6 Å². The molecule has 1 aliphatic rings. The molecule has 2 atom stereocenters. The third kappa shape index (κ3) is 5.15. The maximum absolute atomic E-state index is 12.3. The van der Waals surface area contributed by atoms with E-state index in [4.69, 9.17) is 0 Å². The number of ether oxygens (including phenoxy) is 1. The molecule has 1 aliphatic carbocycles. The molecule has 0 saturated heterocycles. The minimum Gasteiger partial charge on any atom is -0.465 e. The van der Waals surface area contributed by atoms with Crippen molar-refractivity contribution in [2.45, 2.75) is 45.2 Å². The van der Waals surface area contributed by atoms with Crippen LogP contribution in [0.25, 0.3) is 0 Å². The van der Waals surface area contributed by atoms with Crippen LogP contribution in [0.15, 0.2) is 17.1 Å². The number of pyridine rings is 1. The van der Waals surface area contributed by atoms with Crippen LogP contribution >= 0.6 is 0 Å². The number of rotatable bonds is 5. The van der Waals surface area contributed by atoms with Gasteiger partial charge in [-0.1, -0.05) is 19.8 Å². The molecule has 0 radical (unpaired) electrons. The lowest BCUT2D eigenvalue weighted by Crippen LogP contribution is -2.48. The molecule has 0 bridgehead atoms. The molecule has 1 heterocycles. The van der Waals surface area contributed by atoms with Crippen LogP contribution in [-0.2, 0) is 16.1 Å². The molecule has 3 amide bonds. The summed E-state index contributed by atoms with van der Waals surface area (Å²) in [5, 5.41) is 15.8. The Labute approximate surface area is 160 Å². The van der Waals surface area contributed by atoms with E-state index in [2.05, 4.69) is 15.4 Å². The Morgan fingerprint density at radius 3 is 2.61 bits per heavy atom. The molecule has 2 rings (SSSR count). The lowest BCUT2D eigenvalue weighted by molar-refractivity contribution is -0.385. The summed E-state index contributed by atoms with van der Waals surface area (Å²) in [7, 11) is 1.02. The van der Waals surface area contributed by atoms with Crippen LogP contribution < -0.4 is 16.2 Å². The van der Waals surface area contributed by atoms with Gasteiger partial charge in [-0.05, 0) is 18.8 Å². The summed E-state index contributed by atoms with van der Waals surface area (Å²) in [4.78, 5) is 58.3. The first-order valence-electron chi connectivity index (χ1n) is 8.80. The summed E-state index contributed by atoms with van der Waals surface area (Å²) in [6, 6.07) is 0.0307. The van der Waals surface area contributed by atoms with E-state index in [-0.39, 0.29) is 12.0 Å². The zero-order valence-corrected chi connectivity index (χ0v) is 15.6. The highest BCUT2D eigenvalue weighted by Crippen LogP contribution is 2.23. The van der Waals surface area contributed by atoms with E-state index >= 15 is 0 Å². The highest BCUT2D eigenvalue weighted by Gasteiger charge is 2.24. The molecule has 2 unspecified atom stereocenters. The number of nitro groups is 1. The number of imide groups is 1. The molecule has 2 N–H and O–H groups in total. The Morgan fingerprint density at radius 1 is 1.32 bits per heavy atom. The van der Waals surface area contributed by atoms with Gasteiger partial charge in [-0.25, -0.2) is 9.59 Å². The van der Waals surface area contributed by atoms with Crippen LogP contribution in [0.3, 0.4) is 0 Å². The Balaban J connectivity index is 2.11. The molecule has 11 nitrogen and oxygen atoms in total. The lowest BCUT2D eigenvalue weighted by atomic mass is 9.86. The van der Waals surface area contributed by atoms with Crippen molar-refractivity contribution in [1.82, 2.24) is 15.2 Å². The summed E-state index contributed by atoms with van der Waals surface area (Å²) in [6.45, 7) is 1.35. The molecule has 1 aromatic heterocycles. The number of esters is 1. The molecule has 11 heteroatoms. The minimum atomic E-state index is -1.06. The van der Waals surface area contributed by atoms with Gasteiger partial charge in [0.25, 0.3) is 11.2 Å². The Hall–Kier alpha value is -3.24. The van der Waals surface area contributed by atoms with Crippen LogP contribution in [0.4, 0.5) is 10.5 Å².